The molecule has 0 bridgehead atoms. The molecule has 0 aliphatic carbocycles. The highest BCUT2D eigenvalue weighted by atomic mass is 15.3. The standard InChI is InChI=1S/C14H26N4/c1-12(2)18-11-13(9-16-18)10-17-8-4-3-5-14(17)6-7-15/h9,11-12,14H,3-8,10,15H2,1-2H3. The van der Waals surface area contributed by atoms with Crippen LogP contribution in [0.15, 0.2) is 12.4 Å². The van der Waals surface area contributed by atoms with Gasteiger partial charge in [0.1, 0.15) is 0 Å². The van der Waals surface area contributed by atoms with Gasteiger partial charge >= 0.3 is 0 Å². The van der Waals surface area contributed by atoms with Crippen molar-refractivity contribution < 1.29 is 0 Å². The van der Waals surface area contributed by atoms with Crippen LogP contribution in [0.3, 0.4) is 0 Å². The van der Waals surface area contributed by atoms with Crippen molar-refractivity contribution in [3.63, 3.8) is 0 Å². The molecule has 2 heterocycles. The van der Waals surface area contributed by atoms with Crippen LogP contribution in [-0.2, 0) is 6.54 Å². The van der Waals surface area contributed by atoms with Gasteiger partial charge in [-0.3, -0.25) is 9.58 Å². The van der Waals surface area contributed by atoms with E-state index >= 15 is 0 Å². The minimum Gasteiger partial charge on any atom is -0.330 e. The Hall–Kier alpha value is -0.870. The van der Waals surface area contributed by atoms with E-state index in [4.69, 9.17) is 5.73 Å². The molecule has 18 heavy (non-hydrogen) atoms. The second-order valence-electron chi connectivity index (χ2n) is 5.62. The number of nitrogens with zero attached hydrogens (tertiary/aromatic N) is 3. The van der Waals surface area contributed by atoms with Gasteiger partial charge in [-0.1, -0.05) is 6.42 Å². The molecule has 0 spiro atoms. The van der Waals surface area contributed by atoms with Gasteiger partial charge in [-0.25, -0.2) is 0 Å². The lowest BCUT2D eigenvalue weighted by molar-refractivity contribution is 0.134. The first-order valence-corrected chi connectivity index (χ1v) is 7.18. The molecule has 1 fully saturated rings. The van der Waals surface area contributed by atoms with Crippen molar-refractivity contribution in [2.45, 2.75) is 58.2 Å². The number of likely N-dealkylation sites (tertiary alicyclic amines) is 1. The van der Waals surface area contributed by atoms with E-state index in [1.54, 1.807) is 0 Å². The van der Waals surface area contributed by atoms with Gasteiger partial charge in [0.15, 0.2) is 0 Å². The molecule has 0 saturated carbocycles. The van der Waals surface area contributed by atoms with Gasteiger partial charge in [0.2, 0.25) is 0 Å². The fourth-order valence-electron chi connectivity index (χ4n) is 2.76. The first-order valence-electron chi connectivity index (χ1n) is 7.18. The lowest BCUT2D eigenvalue weighted by atomic mass is 9.99. The van der Waals surface area contributed by atoms with Gasteiger partial charge in [-0.05, 0) is 46.2 Å². The summed E-state index contributed by atoms with van der Waals surface area (Å²) in [4.78, 5) is 2.58. The Kier molecular flexibility index (Phi) is 4.78. The average molecular weight is 250 g/mol. The summed E-state index contributed by atoms with van der Waals surface area (Å²) in [5.74, 6) is 0. The van der Waals surface area contributed by atoms with E-state index in [-0.39, 0.29) is 0 Å². The highest BCUT2D eigenvalue weighted by Crippen LogP contribution is 2.21. The largest absolute Gasteiger partial charge is 0.330 e. The molecule has 0 aromatic carbocycles. The molecular formula is C14H26N4. The fourth-order valence-corrected chi connectivity index (χ4v) is 2.76. The molecule has 1 aliphatic rings. The zero-order valence-corrected chi connectivity index (χ0v) is 11.7. The van der Waals surface area contributed by atoms with E-state index in [0.717, 1.165) is 19.5 Å². The van der Waals surface area contributed by atoms with Gasteiger partial charge in [-0.2, -0.15) is 5.10 Å². The van der Waals surface area contributed by atoms with Crippen LogP contribution in [0.5, 0.6) is 0 Å². The van der Waals surface area contributed by atoms with Gasteiger partial charge < -0.3 is 5.73 Å². The van der Waals surface area contributed by atoms with Crippen LogP contribution in [0.2, 0.25) is 0 Å². The summed E-state index contributed by atoms with van der Waals surface area (Å²) in [6, 6.07) is 1.12. The summed E-state index contributed by atoms with van der Waals surface area (Å²) < 4.78 is 2.04. The molecule has 1 aliphatic heterocycles. The van der Waals surface area contributed by atoms with Gasteiger partial charge in [0.25, 0.3) is 0 Å². The van der Waals surface area contributed by atoms with Crippen LogP contribution in [0.4, 0.5) is 0 Å². The number of aromatic nitrogens is 2. The second-order valence-corrected chi connectivity index (χ2v) is 5.62. The van der Waals surface area contributed by atoms with Gasteiger partial charge in [-0.15, -0.1) is 0 Å². The Morgan fingerprint density at radius 2 is 2.28 bits per heavy atom. The third-order valence-corrected chi connectivity index (χ3v) is 3.82. The van der Waals surface area contributed by atoms with Crippen LogP contribution in [0.25, 0.3) is 0 Å². The topological polar surface area (TPSA) is 47.1 Å². The Morgan fingerprint density at radius 1 is 1.44 bits per heavy atom. The summed E-state index contributed by atoms with van der Waals surface area (Å²) in [6.45, 7) is 7.35. The number of nitrogens with two attached hydrogens (primary N) is 1. The molecule has 4 nitrogen and oxygen atoms in total. The van der Waals surface area contributed by atoms with E-state index in [0.29, 0.717) is 12.1 Å². The van der Waals surface area contributed by atoms with Crippen LogP contribution >= 0.6 is 0 Å². The van der Waals surface area contributed by atoms with E-state index in [2.05, 4.69) is 30.0 Å². The monoisotopic (exact) mass is 250 g/mol. The number of piperidine rings is 1. The van der Waals surface area contributed by atoms with Gasteiger partial charge in [0, 0.05) is 30.4 Å². The predicted octanol–water partition coefficient (Wildman–Crippen LogP) is 2.17. The molecule has 1 aromatic heterocycles. The third kappa shape index (κ3) is 3.33. The van der Waals surface area contributed by atoms with Crippen molar-refractivity contribution in [3.8, 4) is 0 Å². The molecule has 1 atom stereocenters. The van der Waals surface area contributed by atoms with Crippen molar-refractivity contribution in [1.82, 2.24) is 14.7 Å². The minimum atomic E-state index is 0.444. The molecular weight excluding hydrogens is 224 g/mol. The lowest BCUT2D eigenvalue weighted by Crippen LogP contribution is -2.40. The average Bonchev–Trinajstić information content (AvgIpc) is 2.81. The third-order valence-electron chi connectivity index (χ3n) is 3.82. The van der Waals surface area contributed by atoms with E-state index in [9.17, 15) is 0 Å². The highest BCUT2D eigenvalue weighted by Gasteiger charge is 2.22. The van der Waals surface area contributed by atoms with Crippen LogP contribution in [0.1, 0.15) is 51.1 Å². The molecule has 102 valence electrons. The maximum Gasteiger partial charge on any atom is 0.0534 e. The van der Waals surface area contributed by atoms with Gasteiger partial charge in [0.05, 0.1) is 6.20 Å². The molecule has 4 heteroatoms. The maximum atomic E-state index is 5.72. The summed E-state index contributed by atoms with van der Waals surface area (Å²) >= 11 is 0. The number of rotatable bonds is 5. The smallest absolute Gasteiger partial charge is 0.0534 e. The quantitative estimate of drug-likeness (QED) is 0.871. The molecule has 1 unspecified atom stereocenters. The summed E-state index contributed by atoms with van der Waals surface area (Å²) in [5.41, 5.74) is 7.04. The van der Waals surface area contributed by atoms with E-state index in [1.165, 1.54) is 31.4 Å². The SMILES string of the molecule is CC(C)n1cc(CN2CCCCC2CCN)cn1. The molecule has 0 amide bonds. The normalized spacial score (nSPS) is 21.7. The molecule has 2 rings (SSSR count). The maximum absolute atomic E-state index is 5.72. The van der Waals surface area contributed by atoms with Crippen molar-refractivity contribution in [3.05, 3.63) is 18.0 Å². The summed E-state index contributed by atoms with van der Waals surface area (Å²) in [5, 5.41) is 4.42. The Bertz CT molecular complexity index is 356. The van der Waals surface area contributed by atoms with Crippen molar-refractivity contribution in [2.24, 2.45) is 5.73 Å². The Morgan fingerprint density at radius 3 is 2.94 bits per heavy atom. The van der Waals surface area contributed by atoms with Crippen molar-refractivity contribution >= 4 is 0 Å². The zero-order valence-electron chi connectivity index (χ0n) is 11.7. The van der Waals surface area contributed by atoms with E-state index in [1.807, 2.05) is 10.9 Å². The molecule has 1 aromatic rings. The minimum absolute atomic E-state index is 0.444. The number of hydrogen-bond acceptors (Lipinski definition) is 3. The fraction of sp³-hybridized carbons (Fsp3) is 0.786. The predicted molar refractivity (Wildman–Crippen MR) is 74.3 cm³/mol. The van der Waals surface area contributed by atoms with Crippen LogP contribution < -0.4 is 5.73 Å². The second kappa shape index (κ2) is 6.34. The van der Waals surface area contributed by atoms with Crippen LogP contribution in [-0.4, -0.2) is 33.8 Å². The highest BCUT2D eigenvalue weighted by molar-refractivity contribution is 5.05. The summed E-state index contributed by atoms with van der Waals surface area (Å²) in [6.07, 6.45) is 9.28. The molecule has 2 N–H and O–H groups in total. The van der Waals surface area contributed by atoms with E-state index < -0.39 is 0 Å². The first-order chi connectivity index (χ1) is 8.70. The van der Waals surface area contributed by atoms with Crippen molar-refractivity contribution in [2.75, 3.05) is 13.1 Å². The molecule has 0 radical (unpaired) electrons. The zero-order chi connectivity index (χ0) is 13.0. The first kappa shape index (κ1) is 13.6. The lowest BCUT2D eigenvalue weighted by Gasteiger charge is -2.35. The number of hydrogen-bond donors (Lipinski definition) is 1. The Balaban J connectivity index is 1.97. The molecule has 1 saturated heterocycles. The van der Waals surface area contributed by atoms with Crippen LogP contribution in [0, 0.1) is 0 Å². The summed E-state index contributed by atoms with van der Waals surface area (Å²) in [7, 11) is 0. The van der Waals surface area contributed by atoms with Crippen molar-refractivity contribution in [1.29, 1.82) is 0 Å². The Labute approximate surface area is 110 Å².